The van der Waals surface area contributed by atoms with Gasteiger partial charge in [-0.05, 0) is 25.0 Å². The molecule has 0 spiro atoms. The van der Waals surface area contributed by atoms with Gasteiger partial charge in [0.15, 0.2) is 0 Å². The SMILES string of the molecule is CN(C)C(=O)[C@]12CN(C(=O)c3ccccc3)C[C@H]1CN(C1CCCC1)C2. The van der Waals surface area contributed by atoms with Crippen LogP contribution >= 0.6 is 0 Å². The van der Waals surface area contributed by atoms with Crippen LogP contribution in [0.1, 0.15) is 36.0 Å². The van der Waals surface area contributed by atoms with E-state index in [1.54, 1.807) is 4.90 Å². The van der Waals surface area contributed by atoms with Crippen LogP contribution in [0.25, 0.3) is 0 Å². The average molecular weight is 355 g/mol. The number of amides is 2. The lowest BCUT2D eigenvalue weighted by atomic mass is 9.79. The molecule has 5 nitrogen and oxygen atoms in total. The molecule has 26 heavy (non-hydrogen) atoms. The number of rotatable bonds is 3. The zero-order chi connectivity index (χ0) is 18.3. The molecule has 2 heterocycles. The first-order valence-corrected chi connectivity index (χ1v) is 9.81. The van der Waals surface area contributed by atoms with E-state index in [0.29, 0.717) is 24.7 Å². The van der Waals surface area contributed by atoms with Crippen molar-refractivity contribution in [1.82, 2.24) is 14.7 Å². The lowest BCUT2D eigenvalue weighted by Crippen LogP contribution is -2.48. The Bertz CT molecular complexity index is 684. The summed E-state index contributed by atoms with van der Waals surface area (Å²) in [5.74, 6) is 0.482. The van der Waals surface area contributed by atoms with E-state index in [4.69, 9.17) is 0 Å². The summed E-state index contributed by atoms with van der Waals surface area (Å²) < 4.78 is 0. The van der Waals surface area contributed by atoms with Gasteiger partial charge in [0.1, 0.15) is 0 Å². The molecule has 5 heteroatoms. The highest BCUT2D eigenvalue weighted by Crippen LogP contribution is 2.46. The number of benzene rings is 1. The van der Waals surface area contributed by atoms with Crippen LogP contribution in [-0.4, -0.2) is 72.8 Å². The number of nitrogens with zero attached hydrogens (tertiary/aromatic N) is 3. The Labute approximate surface area is 155 Å². The summed E-state index contributed by atoms with van der Waals surface area (Å²) in [6.07, 6.45) is 5.12. The smallest absolute Gasteiger partial charge is 0.253 e. The van der Waals surface area contributed by atoms with Crippen molar-refractivity contribution < 1.29 is 9.59 Å². The van der Waals surface area contributed by atoms with Crippen molar-refractivity contribution in [2.45, 2.75) is 31.7 Å². The predicted molar refractivity (Wildman–Crippen MR) is 101 cm³/mol. The van der Waals surface area contributed by atoms with Crippen LogP contribution in [-0.2, 0) is 4.79 Å². The van der Waals surface area contributed by atoms with Crippen molar-refractivity contribution >= 4 is 11.8 Å². The van der Waals surface area contributed by atoms with Crippen molar-refractivity contribution in [2.24, 2.45) is 11.3 Å². The molecule has 0 N–H and O–H groups in total. The quantitative estimate of drug-likeness (QED) is 0.834. The molecule has 2 saturated heterocycles. The zero-order valence-corrected chi connectivity index (χ0v) is 15.9. The molecular weight excluding hydrogens is 326 g/mol. The third-order valence-electron chi connectivity index (χ3n) is 6.62. The highest BCUT2D eigenvalue weighted by atomic mass is 16.2. The number of likely N-dealkylation sites (tertiary alicyclic amines) is 2. The number of carbonyl (C=O) groups excluding carboxylic acids is 2. The summed E-state index contributed by atoms with van der Waals surface area (Å²) in [5.41, 5.74) is 0.281. The minimum Gasteiger partial charge on any atom is -0.348 e. The Morgan fingerprint density at radius 3 is 2.38 bits per heavy atom. The lowest BCUT2D eigenvalue weighted by Gasteiger charge is -2.32. The highest BCUT2D eigenvalue weighted by Gasteiger charge is 2.59. The molecule has 0 unspecified atom stereocenters. The molecule has 0 aromatic heterocycles. The molecule has 4 rings (SSSR count). The Balaban J connectivity index is 1.57. The van der Waals surface area contributed by atoms with Crippen LogP contribution in [0.15, 0.2) is 30.3 Å². The molecule has 1 aromatic rings. The van der Waals surface area contributed by atoms with Crippen LogP contribution in [0.4, 0.5) is 0 Å². The molecule has 1 saturated carbocycles. The number of hydrogen-bond donors (Lipinski definition) is 0. The Hall–Kier alpha value is -1.88. The van der Waals surface area contributed by atoms with Gasteiger partial charge >= 0.3 is 0 Å². The Kier molecular flexibility index (Phi) is 4.51. The first-order chi connectivity index (χ1) is 12.5. The molecule has 140 valence electrons. The summed E-state index contributed by atoms with van der Waals surface area (Å²) in [6.45, 7) is 2.99. The highest BCUT2D eigenvalue weighted by molar-refractivity contribution is 5.95. The molecule has 0 bridgehead atoms. The van der Waals surface area contributed by atoms with Gasteiger partial charge in [-0.25, -0.2) is 0 Å². The van der Waals surface area contributed by atoms with Crippen LogP contribution in [0.5, 0.6) is 0 Å². The van der Waals surface area contributed by atoms with Crippen molar-refractivity contribution in [3.05, 3.63) is 35.9 Å². The van der Waals surface area contributed by atoms with Gasteiger partial charge in [0.05, 0.1) is 5.41 Å². The minimum atomic E-state index is -0.434. The summed E-state index contributed by atoms with van der Waals surface area (Å²) in [7, 11) is 3.68. The topological polar surface area (TPSA) is 43.9 Å². The van der Waals surface area contributed by atoms with E-state index in [1.807, 2.05) is 49.3 Å². The van der Waals surface area contributed by atoms with Gasteiger partial charge in [-0.15, -0.1) is 0 Å². The first kappa shape index (κ1) is 17.5. The maximum absolute atomic E-state index is 13.2. The van der Waals surface area contributed by atoms with Crippen LogP contribution in [0, 0.1) is 11.3 Å². The molecule has 2 aliphatic heterocycles. The third-order valence-corrected chi connectivity index (χ3v) is 6.62. The van der Waals surface area contributed by atoms with Gasteiger partial charge in [-0.3, -0.25) is 14.5 Å². The van der Waals surface area contributed by atoms with Gasteiger partial charge in [0.2, 0.25) is 5.91 Å². The molecule has 2 amide bonds. The van der Waals surface area contributed by atoms with Crippen molar-refractivity contribution in [1.29, 1.82) is 0 Å². The minimum absolute atomic E-state index is 0.0540. The molecule has 1 aromatic carbocycles. The fourth-order valence-electron chi connectivity index (χ4n) is 5.32. The second kappa shape index (κ2) is 6.69. The molecular formula is C21H29N3O2. The van der Waals surface area contributed by atoms with E-state index in [2.05, 4.69) is 4.90 Å². The molecule has 1 aliphatic carbocycles. The summed E-state index contributed by atoms with van der Waals surface area (Å²) in [6, 6.07) is 10.1. The first-order valence-electron chi connectivity index (χ1n) is 9.81. The Morgan fingerprint density at radius 2 is 1.73 bits per heavy atom. The molecule has 2 atom stereocenters. The van der Waals surface area contributed by atoms with Gasteiger partial charge in [0.25, 0.3) is 5.91 Å². The van der Waals surface area contributed by atoms with Crippen LogP contribution in [0.3, 0.4) is 0 Å². The maximum Gasteiger partial charge on any atom is 0.253 e. The largest absolute Gasteiger partial charge is 0.348 e. The standard InChI is InChI=1S/C21H29N3O2/c1-22(2)20(26)21-14-23(18-10-6-7-11-18)12-17(21)13-24(15-21)19(25)16-8-4-3-5-9-16/h3-5,8-9,17-18H,6-7,10-15H2,1-2H3/t17-,21-/m1/s1. The maximum atomic E-state index is 13.2. The zero-order valence-electron chi connectivity index (χ0n) is 15.9. The van der Waals surface area contributed by atoms with E-state index in [9.17, 15) is 9.59 Å². The normalized spacial score (nSPS) is 29.2. The second-order valence-corrected chi connectivity index (χ2v) is 8.47. The Morgan fingerprint density at radius 1 is 1.04 bits per heavy atom. The predicted octanol–water partition coefficient (Wildman–Crippen LogP) is 2.09. The fraction of sp³-hybridized carbons (Fsp3) is 0.619. The van der Waals surface area contributed by atoms with Crippen LogP contribution in [0.2, 0.25) is 0 Å². The van der Waals surface area contributed by atoms with Crippen molar-refractivity contribution in [3.8, 4) is 0 Å². The van der Waals surface area contributed by atoms with Crippen LogP contribution < -0.4 is 0 Å². The lowest BCUT2D eigenvalue weighted by molar-refractivity contribution is -0.139. The molecule has 3 fully saturated rings. The van der Waals surface area contributed by atoms with E-state index >= 15 is 0 Å². The molecule has 3 aliphatic rings. The van der Waals surface area contributed by atoms with E-state index in [0.717, 1.165) is 13.1 Å². The van der Waals surface area contributed by atoms with Crippen molar-refractivity contribution in [3.63, 3.8) is 0 Å². The fourth-order valence-corrected chi connectivity index (χ4v) is 5.32. The monoisotopic (exact) mass is 355 g/mol. The number of fused-ring (bicyclic) bond motifs is 1. The summed E-state index contributed by atoms with van der Waals surface area (Å²) in [5, 5.41) is 0. The van der Waals surface area contributed by atoms with Gasteiger partial charge in [-0.1, -0.05) is 31.0 Å². The summed E-state index contributed by atoms with van der Waals surface area (Å²) >= 11 is 0. The van der Waals surface area contributed by atoms with Crippen molar-refractivity contribution in [2.75, 3.05) is 40.3 Å². The summed E-state index contributed by atoms with van der Waals surface area (Å²) in [4.78, 5) is 32.3. The van der Waals surface area contributed by atoms with Gasteiger partial charge in [0, 0.05) is 57.8 Å². The average Bonchev–Trinajstić information content (AvgIpc) is 3.35. The molecule has 0 radical (unpaired) electrons. The van der Waals surface area contributed by atoms with E-state index in [1.165, 1.54) is 25.7 Å². The number of carbonyl (C=O) groups is 2. The number of hydrogen-bond acceptors (Lipinski definition) is 3. The van der Waals surface area contributed by atoms with E-state index < -0.39 is 5.41 Å². The third kappa shape index (κ3) is 2.82. The van der Waals surface area contributed by atoms with E-state index in [-0.39, 0.29) is 17.7 Å². The van der Waals surface area contributed by atoms with Gasteiger partial charge in [-0.2, -0.15) is 0 Å². The van der Waals surface area contributed by atoms with Gasteiger partial charge < -0.3 is 9.80 Å². The second-order valence-electron chi connectivity index (χ2n) is 8.47.